The molecule has 4 nitrogen and oxygen atoms in total. The number of hydrogen-bond donors (Lipinski definition) is 1. The second-order valence-electron chi connectivity index (χ2n) is 5.21. The Morgan fingerprint density at radius 3 is 2.55 bits per heavy atom. The zero-order chi connectivity index (χ0) is 14.8. The first-order valence-electron chi connectivity index (χ1n) is 7.29. The molecular formula is C16H28N2O2. The standard InChI is InChI=1S/C16H28N2O2/c1-14(2)19-11-9-18(4)10-12-20-16-8-6-5-7-15(16)13-17-3/h5-8,14,17H,9-13H2,1-4H3. The first-order chi connectivity index (χ1) is 9.63. The fourth-order valence-electron chi connectivity index (χ4n) is 1.85. The first kappa shape index (κ1) is 17.0. The number of benzene rings is 1. The smallest absolute Gasteiger partial charge is 0.123 e. The quantitative estimate of drug-likeness (QED) is 0.712. The first-order valence-corrected chi connectivity index (χ1v) is 7.29. The van der Waals surface area contributed by atoms with Gasteiger partial charge in [0, 0.05) is 25.2 Å². The van der Waals surface area contributed by atoms with Gasteiger partial charge in [-0.3, -0.25) is 0 Å². The highest BCUT2D eigenvalue weighted by Crippen LogP contribution is 2.17. The highest BCUT2D eigenvalue weighted by Gasteiger charge is 2.03. The summed E-state index contributed by atoms with van der Waals surface area (Å²) in [5.41, 5.74) is 1.20. The maximum absolute atomic E-state index is 5.87. The van der Waals surface area contributed by atoms with Crippen LogP contribution < -0.4 is 10.1 Å². The lowest BCUT2D eigenvalue weighted by Crippen LogP contribution is -2.28. The van der Waals surface area contributed by atoms with Crippen LogP contribution in [-0.4, -0.2) is 51.4 Å². The summed E-state index contributed by atoms with van der Waals surface area (Å²) in [6.45, 7) is 8.23. The molecule has 1 aromatic carbocycles. The van der Waals surface area contributed by atoms with Gasteiger partial charge in [-0.05, 0) is 34.0 Å². The average molecular weight is 280 g/mol. The predicted molar refractivity (Wildman–Crippen MR) is 83.3 cm³/mol. The lowest BCUT2D eigenvalue weighted by atomic mass is 10.2. The van der Waals surface area contributed by atoms with E-state index in [-0.39, 0.29) is 0 Å². The maximum atomic E-state index is 5.87. The second kappa shape index (κ2) is 9.75. The van der Waals surface area contributed by atoms with Crippen molar-refractivity contribution in [3.8, 4) is 5.75 Å². The molecule has 0 bridgehead atoms. The normalized spacial score (nSPS) is 11.3. The largest absolute Gasteiger partial charge is 0.492 e. The molecule has 0 heterocycles. The van der Waals surface area contributed by atoms with E-state index in [0.717, 1.165) is 32.0 Å². The van der Waals surface area contributed by atoms with Gasteiger partial charge in [0.05, 0.1) is 12.7 Å². The van der Waals surface area contributed by atoms with Crippen molar-refractivity contribution < 1.29 is 9.47 Å². The molecule has 114 valence electrons. The van der Waals surface area contributed by atoms with Crippen LogP contribution in [0.4, 0.5) is 0 Å². The lowest BCUT2D eigenvalue weighted by molar-refractivity contribution is 0.0616. The van der Waals surface area contributed by atoms with Crippen molar-refractivity contribution in [2.75, 3.05) is 40.4 Å². The number of rotatable bonds is 10. The molecule has 0 saturated heterocycles. The van der Waals surface area contributed by atoms with Crippen LogP contribution >= 0.6 is 0 Å². The summed E-state index contributed by atoms with van der Waals surface area (Å²) >= 11 is 0. The summed E-state index contributed by atoms with van der Waals surface area (Å²) in [5, 5.41) is 3.16. The van der Waals surface area contributed by atoms with Crippen LogP contribution in [-0.2, 0) is 11.3 Å². The van der Waals surface area contributed by atoms with E-state index in [2.05, 4.69) is 37.2 Å². The van der Waals surface area contributed by atoms with Crippen molar-refractivity contribution in [2.45, 2.75) is 26.5 Å². The molecule has 4 heteroatoms. The molecule has 0 aliphatic rings. The zero-order valence-electron chi connectivity index (χ0n) is 13.2. The monoisotopic (exact) mass is 280 g/mol. The molecule has 0 spiro atoms. The van der Waals surface area contributed by atoms with Gasteiger partial charge in [0.1, 0.15) is 12.4 Å². The van der Waals surface area contributed by atoms with E-state index in [9.17, 15) is 0 Å². The summed E-state index contributed by atoms with van der Waals surface area (Å²) in [7, 11) is 4.03. The molecule has 0 atom stereocenters. The molecule has 0 aliphatic heterocycles. The zero-order valence-corrected chi connectivity index (χ0v) is 13.2. The van der Waals surface area contributed by atoms with Gasteiger partial charge in [-0.2, -0.15) is 0 Å². The lowest BCUT2D eigenvalue weighted by Gasteiger charge is -2.18. The minimum Gasteiger partial charge on any atom is -0.492 e. The van der Waals surface area contributed by atoms with Crippen LogP contribution in [0.2, 0.25) is 0 Å². The molecule has 0 saturated carbocycles. The topological polar surface area (TPSA) is 33.7 Å². The number of nitrogens with zero attached hydrogens (tertiary/aromatic N) is 1. The predicted octanol–water partition coefficient (Wildman–Crippen LogP) is 2.14. The van der Waals surface area contributed by atoms with Crippen LogP contribution in [0.15, 0.2) is 24.3 Å². The summed E-state index contributed by atoms with van der Waals surface area (Å²) in [6.07, 6.45) is 0.299. The van der Waals surface area contributed by atoms with Gasteiger partial charge in [0.15, 0.2) is 0 Å². The van der Waals surface area contributed by atoms with E-state index in [4.69, 9.17) is 9.47 Å². The number of ether oxygens (including phenoxy) is 2. The van der Waals surface area contributed by atoms with E-state index in [1.54, 1.807) is 0 Å². The molecule has 1 N–H and O–H groups in total. The Morgan fingerprint density at radius 1 is 1.15 bits per heavy atom. The maximum Gasteiger partial charge on any atom is 0.123 e. The third-order valence-corrected chi connectivity index (χ3v) is 2.99. The van der Waals surface area contributed by atoms with Gasteiger partial charge in [-0.15, -0.1) is 0 Å². The van der Waals surface area contributed by atoms with Crippen LogP contribution in [0.3, 0.4) is 0 Å². The summed E-state index contributed by atoms with van der Waals surface area (Å²) in [6, 6.07) is 8.16. The van der Waals surface area contributed by atoms with Gasteiger partial charge >= 0.3 is 0 Å². The van der Waals surface area contributed by atoms with Crippen molar-refractivity contribution in [1.29, 1.82) is 0 Å². The fourth-order valence-corrected chi connectivity index (χ4v) is 1.85. The van der Waals surface area contributed by atoms with Crippen LogP contribution in [0.5, 0.6) is 5.75 Å². The van der Waals surface area contributed by atoms with E-state index in [1.807, 2.05) is 25.2 Å². The second-order valence-corrected chi connectivity index (χ2v) is 5.21. The van der Waals surface area contributed by atoms with Crippen molar-refractivity contribution in [1.82, 2.24) is 10.2 Å². The third kappa shape index (κ3) is 6.89. The molecule has 0 radical (unpaired) electrons. The van der Waals surface area contributed by atoms with Crippen molar-refractivity contribution in [3.05, 3.63) is 29.8 Å². The Hall–Kier alpha value is -1.10. The Kier molecular flexibility index (Phi) is 8.26. The SMILES string of the molecule is CNCc1ccccc1OCCN(C)CCOC(C)C. The molecule has 1 rings (SSSR count). The van der Waals surface area contributed by atoms with E-state index in [0.29, 0.717) is 12.7 Å². The fraction of sp³-hybridized carbons (Fsp3) is 0.625. The molecule has 0 fully saturated rings. The van der Waals surface area contributed by atoms with E-state index in [1.165, 1.54) is 5.56 Å². The van der Waals surface area contributed by atoms with Gasteiger partial charge in [-0.25, -0.2) is 0 Å². The van der Waals surface area contributed by atoms with Crippen LogP contribution in [0.25, 0.3) is 0 Å². The third-order valence-electron chi connectivity index (χ3n) is 2.99. The number of likely N-dealkylation sites (N-methyl/N-ethyl adjacent to an activating group) is 1. The Morgan fingerprint density at radius 2 is 1.85 bits per heavy atom. The molecule has 0 amide bonds. The highest BCUT2D eigenvalue weighted by atomic mass is 16.5. The molecule has 0 aliphatic carbocycles. The number of nitrogens with one attached hydrogen (secondary N) is 1. The summed E-state index contributed by atoms with van der Waals surface area (Å²) in [4.78, 5) is 2.23. The van der Waals surface area contributed by atoms with Crippen molar-refractivity contribution >= 4 is 0 Å². The van der Waals surface area contributed by atoms with E-state index >= 15 is 0 Å². The number of para-hydroxylation sites is 1. The van der Waals surface area contributed by atoms with Crippen LogP contribution in [0.1, 0.15) is 19.4 Å². The van der Waals surface area contributed by atoms with Gasteiger partial charge < -0.3 is 19.7 Å². The van der Waals surface area contributed by atoms with Crippen molar-refractivity contribution in [3.63, 3.8) is 0 Å². The Balaban J connectivity index is 2.26. The molecule has 1 aromatic rings. The number of hydrogen-bond acceptors (Lipinski definition) is 4. The molecule has 20 heavy (non-hydrogen) atoms. The van der Waals surface area contributed by atoms with Crippen LogP contribution in [0, 0.1) is 0 Å². The average Bonchev–Trinajstić information content (AvgIpc) is 2.40. The van der Waals surface area contributed by atoms with E-state index < -0.39 is 0 Å². The highest BCUT2D eigenvalue weighted by molar-refractivity contribution is 5.33. The molecule has 0 unspecified atom stereocenters. The minimum absolute atomic E-state index is 0.299. The van der Waals surface area contributed by atoms with Gasteiger partial charge in [0.25, 0.3) is 0 Å². The minimum atomic E-state index is 0.299. The molecular weight excluding hydrogens is 252 g/mol. The Labute approximate surface area is 123 Å². The summed E-state index contributed by atoms with van der Waals surface area (Å²) in [5.74, 6) is 0.966. The van der Waals surface area contributed by atoms with Gasteiger partial charge in [0.2, 0.25) is 0 Å². The van der Waals surface area contributed by atoms with Gasteiger partial charge in [-0.1, -0.05) is 18.2 Å². The van der Waals surface area contributed by atoms with Crippen molar-refractivity contribution in [2.24, 2.45) is 0 Å². The summed E-state index contributed by atoms with van der Waals surface area (Å²) < 4.78 is 11.4. The Bertz CT molecular complexity index is 369. The molecule has 0 aromatic heterocycles.